The number of rotatable bonds is 10. The Morgan fingerprint density at radius 3 is 2.28 bits per heavy atom. The molecule has 3 aromatic carbocycles. The number of aliphatic carboxylic acids is 1. The monoisotopic (exact) mass is 523 g/mol. The SMILES string of the molecule is CCCCC(=O)N(Cc1ccc(-c2cc(-c3ccccc3)ccc2-c2nn[nH]n2)cc1)C1(C(=O)O)CCCC1. The summed E-state index contributed by atoms with van der Waals surface area (Å²) < 4.78 is 0. The molecule has 8 heteroatoms. The van der Waals surface area contributed by atoms with Crippen LogP contribution in [0.1, 0.15) is 57.4 Å². The molecule has 1 aromatic heterocycles. The van der Waals surface area contributed by atoms with Crippen LogP contribution >= 0.6 is 0 Å². The van der Waals surface area contributed by atoms with Gasteiger partial charge in [-0.3, -0.25) is 4.79 Å². The van der Waals surface area contributed by atoms with E-state index in [1.165, 1.54) is 0 Å². The molecule has 0 bridgehead atoms. The summed E-state index contributed by atoms with van der Waals surface area (Å²) in [6.45, 7) is 2.31. The lowest BCUT2D eigenvalue weighted by molar-refractivity contribution is -0.160. The minimum Gasteiger partial charge on any atom is -0.479 e. The van der Waals surface area contributed by atoms with E-state index < -0.39 is 11.5 Å². The van der Waals surface area contributed by atoms with Crippen LogP contribution in [0.4, 0.5) is 0 Å². The number of aromatic nitrogens is 4. The smallest absolute Gasteiger partial charge is 0.329 e. The van der Waals surface area contributed by atoms with Gasteiger partial charge in [-0.2, -0.15) is 5.21 Å². The van der Waals surface area contributed by atoms with E-state index in [2.05, 4.69) is 38.8 Å². The fourth-order valence-corrected chi connectivity index (χ4v) is 5.54. The topological polar surface area (TPSA) is 112 Å². The van der Waals surface area contributed by atoms with Crippen molar-refractivity contribution in [3.63, 3.8) is 0 Å². The Kier molecular flexibility index (Phi) is 7.81. The van der Waals surface area contributed by atoms with Crippen LogP contribution in [-0.2, 0) is 16.1 Å². The van der Waals surface area contributed by atoms with Gasteiger partial charge in [-0.15, -0.1) is 10.2 Å². The average molecular weight is 524 g/mol. The maximum Gasteiger partial charge on any atom is 0.329 e. The van der Waals surface area contributed by atoms with E-state index in [1.54, 1.807) is 4.90 Å². The van der Waals surface area contributed by atoms with Gasteiger partial charge < -0.3 is 10.0 Å². The highest BCUT2D eigenvalue weighted by atomic mass is 16.4. The molecule has 1 fully saturated rings. The van der Waals surface area contributed by atoms with E-state index in [9.17, 15) is 14.7 Å². The van der Waals surface area contributed by atoms with E-state index in [0.717, 1.165) is 59.1 Å². The Morgan fingerprint density at radius 1 is 0.923 bits per heavy atom. The van der Waals surface area contributed by atoms with Crippen LogP contribution < -0.4 is 0 Å². The first kappa shape index (κ1) is 26.3. The lowest BCUT2D eigenvalue weighted by atomic mass is 9.92. The van der Waals surface area contributed by atoms with Crippen LogP contribution in [0.5, 0.6) is 0 Å². The molecule has 39 heavy (non-hydrogen) atoms. The van der Waals surface area contributed by atoms with Gasteiger partial charge in [0, 0.05) is 18.5 Å². The molecule has 0 aliphatic heterocycles. The molecule has 0 saturated heterocycles. The third kappa shape index (κ3) is 5.46. The molecule has 1 aliphatic carbocycles. The van der Waals surface area contributed by atoms with Gasteiger partial charge in [0.05, 0.1) is 0 Å². The van der Waals surface area contributed by atoms with Gasteiger partial charge >= 0.3 is 5.97 Å². The highest BCUT2D eigenvalue weighted by molar-refractivity contribution is 5.88. The summed E-state index contributed by atoms with van der Waals surface area (Å²) in [7, 11) is 0. The second-order valence-corrected chi connectivity index (χ2v) is 10.2. The molecule has 4 aromatic rings. The van der Waals surface area contributed by atoms with E-state index in [4.69, 9.17) is 0 Å². The van der Waals surface area contributed by atoms with Gasteiger partial charge in [-0.1, -0.05) is 86.8 Å². The lowest BCUT2D eigenvalue weighted by Crippen LogP contribution is -2.55. The number of hydrogen-bond acceptors (Lipinski definition) is 5. The van der Waals surface area contributed by atoms with Crippen molar-refractivity contribution in [3.8, 4) is 33.6 Å². The van der Waals surface area contributed by atoms with Crippen LogP contribution in [-0.4, -0.2) is 48.0 Å². The van der Waals surface area contributed by atoms with E-state index in [-0.39, 0.29) is 12.5 Å². The average Bonchev–Trinajstić information content (AvgIpc) is 3.69. The van der Waals surface area contributed by atoms with E-state index in [1.807, 2.05) is 61.5 Å². The second kappa shape index (κ2) is 11.6. The number of amides is 1. The number of hydrogen-bond donors (Lipinski definition) is 2. The standard InChI is InChI=1S/C31H33N5O3/c1-2-3-11-28(37)36(31(30(38)39)18-7-8-19-31)21-22-12-14-24(15-13-22)27-20-25(23-9-5-4-6-10-23)16-17-26(27)29-32-34-35-33-29/h4-6,9-10,12-17,20H,2-3,7-8,11,18-19,21H2,1H3,(H,38,39)(H,32,33,34,35). The molecular weight excluding hydrogens is 490 g/mol. The first-order chi connectivity index (χ1) is 19.0. The molecule has 0 unspecified atom stereocenters. The minimum absolute atomic E-state index is 0.0832. The highest BCUT2D eigenvalue weighted by Gasteiger charge is 2.48. The molecule has 0 atom stereocenters. The molecule has 2 N–H and O–H groups in total. The van der Waals surface area contributed by atoms with Crippen molar-refractivity contribution in [2.24, 2.45) is 0 Å². The Labute approximate surface area is 228 Å². The summed E-state index contributed by atoms with van der Waals surface area (Å²) >= 11 is 0. The van der Waals surface area contributed by atoms with Gasteiger partial charge in [0.25, 0.3) is 0 Å². The maximum absolute atomic E-state index is 13.3. The largest absolute Gasteiger partial charge is 0.479 e. The predicted octanol–water partition coefficient (Wildman–Crippen LogP) is 6.12. The van der Waals surface area contributed by atoms with Gasteiger partial charge in [0.1, 0.15) is 5.54 Å². The molecular formula is C31H33N5O3. The summed E-state index contributed by atoms with van der Waals surface area (Å²) in [6, 6.07) is 24.3. The van der Waals surface area contributed by atoms with Crippen molar-refractivity contribution >= 4 is 11.9 Å². The Balaban J connectivity index is 1.48. The summed E-state index contributed by atoms with van der Waals surface area (Å²) in [5.41, 5.74) is 4.72. The first-order valence-electron chi connectivity index (χ1n) is 13.6. The third-order valence-corrected chi connectivity index (χ3v) is 7.71. The minimum atomic E-state index is -1.13. The third-order valence-electron chi connectivity index (χ3n) is 7.71. The number of nitrogens with one attached hydrogen (secondary N) is 1. The summed E-state index contributed by atoms with van der Waals surface area (Å²) in [4.78, 5) is 27.4. The molecule has 0 radical (unpaired) electrons. The van der Waals surface area contributed by atoms with E-state index >= 15 is 0 Å². The van der Waals surface area contributed by atoms with Crippen LogP contribution in [0.25, 0.3) is 33.6 Å². The molecule has 5 rings (SSSR count). The van der Waals surface area contributed by atoms with Crippen molar-refractivity contribution in [2.45, 2.75) is 64.0 Å². The Morgan fingerprint density at radius 2 is 1.64 bits per heavy atom. The number of carbonyl (C=O) groups excluding carboxylic acids is 1. The van der Waals surface area contributed by atoms with Gasteiger partial charge in [0.15, 0.2) is 0 Å². The van der Waals surface area contributed by atoms with Crippen molar-refractivity contribution < 1.29 is 14.7 Å². The number of carboxylic acid groups (broad SMARTS) is 1. The van der Waals surface area contributed by atoms with Crippen LogP contribution in [0, 0.1) is 0 Å². The zero-order valence-corrected chi connectivity index (χ0v) is 22.1. The van der Waals surface area contributed by atoms with Crippen molar-refractivity contribution in [1.29, 1.82) is 0 Å². The second-order valence-electron chi connectivity index (χ2n) is 10.2. The quantitative estimate of drug-likeness (QED) is 0.259. The molecule has 1 amide bonds. The first-order valence-corrected chi connectivity index (χ1v) is 13.6. The Hall–Kier alpha value is -4.33. The fraction of sp³-hybridized carbons (Fsp3) is 0.323. The number of benzene rings is 3. The number of aromatic amines is 1. The van der Waals surface area contributed by atoms with Crippen molar-refractivity contribution in [2.75, 3.05) is 0 Å². The van der Waals surface area contributed by atoms with Gasteiger partial charge in [0.2, 0.25) is 11.7 Å². The van der Waals surface area contributed by atoms with Crippen molar-refractivity contribution in [1.82, 2.24) is 25.5 Å². The number of carboxylic acids is 1. The maximum atomic E-state index is 13.3. The highest BCUT2D eigenvalue weighted by Crippen LogP contribution is 2.38. The molecule has 1 saturated carbocycles. The van der Waals surface area contributed by atoms with Gasteiger partial charge in [-0.05, 0) is 64.4 Å². The fourth-order valence-electron chi connectivity index (χ4n) is 5.54. The molecule has 1 aliphatic rings. The summed E-state index contributed by atoms with van der Waals surface area (Å²) in [6.07, 6.45) is 4.64. The molecule has 8 nitrogen and oxygen atoms in total. The zero-order chi connectivity index (χ0) is 27.2. The number of unbranched alkanes of at least 4 members (excludes halogenated alkanes) is 1. The normalized spacial score (nSPS) is 14.3. The summed E-state index contributed by atoms with van der Waals surface area (Å²) in [5, 5.41) is 24.9. The zero-order valence-electron chi connectivity index (χ0n) is 22.1. The lowest BCUT2D eigenvalue weighted by Gasteiger charge is -2.38. The number of H-pyrrole nitrogens is 1. The number of nitrogens with zero attached hydrogens (tertiary/aromatic N) is 4. The van der Waals surface area contributed by atoms with Crippen molar-refractivity contribution in [3.05, 3.63) is 78.4 Å². The van der Waals surface area contributed by atoms with Gasteiger partial charge in [-0.25, -0.2) is 4.79 Å². The number of tetrazole rings is 1. The molecule has 0 spiro atoms. The Bertz CT molecular complexity index is 1410. The summed E-state index contributed by atoms with van der Waals surface area (Å²) in [5.74, 6) is -0.477. The number of carbonyl (C=O) groups is 2. The molecule has 1 heterocycles. The molecule has 200 valence electrons. The van der Waals surface area contributed by atoms with Crippen LogP contribution in [0.2, 0.25) is 0 Å². The predicted molar refractivity (Wildman–Crippen MR) is 149 cm³/mol. The van der Waals surface area contributed by atoms with E-state index in [0.29, 0.717) is 25.1 Å². The van der Waals surface area contributed by atoms with Crippen LogP contribution in [0.15, 0.2) is 72.8 Å². The van der Waals surface area contributed by atoms with Crippen LogP contribution in [0.3, 0.4) is 0 Å².